The van der Waals surface area contributed by atoms with E-state index in [2.05, 4.69) is 45.2 Å². The first kappa shape index (κ1) is 30.1. The number of phenolic OH excluding ortho intramolecular Hbond substituents is 1. The fraction of sp³-hybridized carbons (Fsp3) is 0.273. The average molecular weight is 926 g/mol. The largest absolute Gasteiger partial charge is 0.504 e. The topological polar surface area (TPSA) is 104 Å². The molecule has 3 fully saturated rings. The molecule has 2 aliphatic heterocycles. The zero-order valence-corrected chi connectivity index (χ0v) is 29.7. The molecule has 6 atom stereocenters. The van der Waals surface area contributed by atoms with Gasteiger partial charge in [0.2, 0.25) is 23.6 Å². The maximum atomic E-state index is 14.3. The zero-order valence-electron chi connectivity index (χ0n) is 23.2. The van der Waals surface area contributed by atoms with E-state index < -0.39 is 35.5 Å². The molecule has 0 aromatic heterocycles. The molecule has 3 aromatic rings. The Labute approximate surface area is 294 Å². The number of ether oxygens (including phenoxy) is 1. The summed E-state index contributed by atoms with van der Waals surface area (Å²) in [5.74, 6) is -4.32. The predicted octanol–water partition coefficient (Wildman–Crippen LogP) is 6.26. The van der Waals surface area contributed by atoms with E-state index in [1.165, 1.54) is 16.9 Å². The van der Waals surface area contributed by atoms with Crippen molar-refractivity contribution in [2.24, 2.45) is 29.6 Å². The van der Waals surface area contributed by atoms with Crippen molar-refractivity contribution in [2.75, 3.05) is 16.9 Å². The zero-order chi connectivity index (χ0) is 31.0. The number of aromatic hydroxyl groups is 1. The Morgan fingerprint density at radius 3 is 1.84 bits per heavy atom. The molecule has 11 heteroatoms. The number of hydrogen-bond donors (Lipinski definition) is 1. The van der Waals surface area contributed by atoms with Crippen LogP contribution < -0.4 is 14.5 Å². The fourth-order valence-electron chi connectivity index (χ4n) is 7.58. The number of allylic oxidation sites excluding steroid dienone is 2. The molecule has 3 aromatic carbocycles. The van der Waals surface area contributed by atoms with Crippen molar-refractivity contribution in [3.8, 4) is 11.5 Å². The van der Waals surface area contributed by atoms with Gasteiger partial charge in [0.15, 0.2) is 11.5 Å². The highest BCUT2D eigenvalue weighted by atomic mass is 127. The third kappa shape index (κ3) is 4.62. The van der Waals surface area contributed by atoms with Gasteiger partial charge >= 0.3 is 0 Å². The number of amides is 4. The molecule has 2 heterocycles. The van der Waals surface area contributed by atoms with E-state index in [9.17, 15) is 24.3 Å². The van der Waals surface area contributed by atoms with E-state index in [-0.39, 0.29) is 35.1 Å². The van der Waals surface area contributed by atoms with Gasteiger partial charge in [0.05, 0.1) is 45.7 Å². The van der Waals surface area contributed by atoms with Crippen LogP contribution in [0.15, 0.2) is 72.3 Å². The minimum Gasteiger partial charge on any atom is -0.504 e. The van der Waals surface area contributed by atoms with Gasteiger partial charge in [-0.3, -0.25) is 29.0 Å². The van der Waals surface area contributed by atoms with E-state index in [1.807, 2.05) is 59.0 Å². The number of benzene rings is 3. The lowest BCUT2D eigenvalue weighted by Crippen LogP contribution is -2.43. The Bertz CT molecular complexity index is 1770. The Morgan fingerprint density at radius 1 is 0.727 bits per heavy atom. The first-order valence-corrected chi connectivity index (χ1v) is 17.4. The number of fused-ring (bicyclic) bond motifs is 4. The second-order valence-electron chi connectivity index (χ2n) is 11.6. The van der Waals surface area contributed by atoms with Crippen LogP contribution in [0, 0.1) is 40.3 Å². The van der Waals surface area contributed by atoms with Crippen molar-refractivity contribution in [3.05, 3.63) is 88.6 Å². The molecule has 6 unspecified atom stereocenters. The Balaban J connectivity index is 1.35. The van der Waals surface area contributed by atoms with Gasteiger partial charge in [-0.1, -0.05) is 11.6 Å². The van der Waals surface area contributed by atoms with Gasteiger partial charge in [-0.2, -0.15) is 0 Å². The Morgan fingerprint density at radius 2 is 1.27 bits per heavy atom. The molecule has 224 valence electrons. The van der Waals surface area contributed by atoms with Crippen molar-refractivity contribution in [1.29, 1.82) is 0 Å². The van der Waals surface area contributed by atoms with Gasteiger partial charge in [0.1, 0.15) is 0 Å². The number of rotatable bonds is 4. The van der Waals surface area contributed by atoms with Crippen LogP contribution in [-0.4, -0.2) is 35.8 Å². The van der Waals surface area contributed by atoms with Crippen LogP contribution >= 0.6 is 67.8 Å². The highest BCUT2D eigenvalue weighted by Gasteiger charge is 2.62. The van der Waals surface area contributed by atoms with Gasteiger partial charge in [0.25, 0.3) is 0 Å². The average Bonchev–Trinajstić information content (AvgIpc) is 3.42. The summed E-state index contributed by atoms with van der Waals surface area (Å²) in [6.45, 7) is 0. The molecule has 8 nitrogen and oxygen atoms in total. The number of phenols is 1. The van der Waals surface area contributed by atoms with Crippen molar-refractivity contribution < 1.29 is 29.0 Å². The number of methoxy groups -OCH3 is 1. The molecule has 0 spiro atoms. The maximum absolute atomic E-state index is 14.3. The summed E-state index contributed by atoms with van der Waals surface area (Å²) in [6.07, 6.45) is 2.68. The minimum atomic E-state index is -0.703. The van der Waals surface area contributed by atoms with Crippen LogP contribution in [0.2, 0.25) is 0 Å². The van der Waals surface area contributed by atoms with Crippen molar-refractivity contribution >= 4 is 103 Å². The maximum Gasteiger partial charge on any atom is 0.238 e. The Kier molecular flexibility index (Phi) is 7.79. The molecular formula is C33H25I3N2O6. The van der Waals surface area contributed by atoms with Gasteiger partial charge in [-0.15, -0.1) is 0 Å². The second kappa shape index (κ2) is 11.4. The van der Waals surface area contributed by atoms with Crippen LogP contribution in [0.4, 0.5) is 11.4 Å². The predicted molar refractivity (Wildman–Crippen MR) is 188 cm³/mol. The molecule has 1 N–H and O–H groups in total. The van der Waals surface area contributed by atoms with E-state index in [0.717, 1.165) is 18.3 Å². The van der Waals surface area contributed by atoms with Crippen molar-refractivity contribution in [1.82, 2.24) is 0 Å². The summed E-state index contributed by atoms with van der Waals surface area (Å²) in [6, 6.07) is 18.1. The molecule has 44 heavy (non-hydrogen) atoms. The molecule has 0 bridgehead atoms. The van der Waals surface area contributed by atoms with Crippen LogP contribution in [0.1, 0.15) is 24.3 Å². The highest BCUT2D eigenvalue weighted by molar-refractivity contribution is 14.1. The molecule has 4 amide bonds. The molecule has 4 aliphatic rings. The van der Waals surface area contributed by atoms with Crippen LogP contribution in [-0.2, 0) is 19.2 Å². The summed E-state index contributed by atoms with van der Waals surface area (Å²) in [5.41, 5.74) is 2.67. The normalized spacial score (nSPS) is 27.7. The molecule has 7 rings (SSSR count). The Hall–Kier alpha value is -2.53. The highest BCUT2D eigenvalue weighted by Crippen LogP contribution is 2.59. The first-order chi connectivity index (χ1) is 21.1. The van der Waals surface area contributed by atoms with E-state index in [0.29, 0.717) is 27.8 Å². The second-order valence-corrected chi connectivity index (χ2v) is 15.2. The molecular weight excluding hydrogens is 901 g/mol. The standard InChI is InChI=1S/C33H25I3N2O6/c1-44-25-13-15(12-24(36)29(25)39)26-20-10-11-21-27(32(42)37(30(21)40)18-6-2-16(34)3-7-18)22(20)14-23-28(26)33(43)38(31(23)41)19-8-4-17(35)5-9-19/h2-10,12-13,21-23,26-28,39H,11,14H2,1H3. The molecule has 0 radical (unpaired) electrons. The number of hydrogen-bond acceptors (Lipinski definition) is 6. The quantitative estimate of drug-likeness (QED) is 0.189. The molecule has 2 saturated heterocycles. The SMILES string of the molecule is COc1cc(C2C3=CCC4C(=O)N(c5ccc(I)cc5)C(=O)C4C3CC3C(=O)N(c4ccc(I)cc4)C(=O)C32)cc(I)c1O. The van der Waals surface area contributed by atoms with Gasteiger partial charge in [-0.25, -0.2) is 0 Å². The third-order valence-electron chi connectivity index (χ3n) is 9.45. The number of anilines is 2. The summed E-state index contributed by atoms with van der Waals surface area (Å²) >= 11 is 6.40. The van der Waals surface area contributed by atoms with Crippen LogP contribution in [0.5, 0.6) is 11.5 Å². The lowest BCUT2D eigenvalue weighted by molar-refractivity contribution is -0.126. The summed E-state index contributed by atoms with van der Waals surface area (Å²) in [5, 5.41) is 10.6. The van der Waals surface area contributed by atoms with E-state index >= 15 is 0 Å². The van der Waals surface area contributed by atoms with Crippen molar-refractivity contribution in [3.63, 3.8) is 0 Å². The summed E-state index contributed by atoms with van der Waals surface area (Å²) in [4.78, 5) is 58.9. The number of imide groups is 2. The van der Waals surface area contributed by atoms with Crippen LogP contribution in [0.25, 0.3) is 0 Å². The molecule has 1 saturated carbocycles. The lowest BCUT2D eigenvalue weighted by Gasteiger charge is -2.44. The number of nitrogens with zero attached hydrogens (tertiary/aromatic N) is 2. The van der Waals surface area contributed by atoms with Crippen LogP contribution in [0.3, 0.4) is 0 Å². The van der Waals surface area contributed by atoms with Gasteiger partial charge < -0.3 is 9.84 Å². The van der Waals surface area contributed by atoms with E-state index in [1.54, 1.807) is 30.3 Å². The summed E-state index contributed by atoms with van der Waals surface area (Å²) < 4.78 is 8.01. The monoisotopic (exact) mass is 926 g/mol. The number of halogens is 3. The van der Waals surface area contributed by atoms with E-state index in [4.69, 9.17) is 4.74 Å². The lowest BCUT2D eigenvalue weighted by atomic mass is 9.57. The smallest absolute Gasteiger partial charge is 0.238 e. The van der Waals surface area contributed by atoms with Gasteiger partial charge in [0, 0.05) is 13.1 Å². The minimum absolute atomic E-state index is 0.00230. The third-order valence-corrected chi connectivity index (χ3v) is 11.7. The summed E-state index contributed by atoms with van der Waals surface area (Å²) in [7, 11) is 1.47. The van der Waals surface area contributed by atoms with Crippen molar-refractivity contribution in [2.45, 2.75) is 18.8 Å². The number of carbonyl (C=O) groups excluding carboxylic acids is 4. The first-order valence-electron chi connectivity index (χ1n) is 14.1. The molecule has 2 aliphatic carbocycles. The number of carbonyl (C=O) groups is 4. The van der Waals surface area contributed by atoms with Gasteiger partial charge in [-0.05, 0) is 153 Å². The fourth-order valence-corrected chi connectivity index (χ4v) is 8.93.